The van der Waals surface area contributed by atoms with Crippen molar-refractivity contribution in [1.29, 1.82) is 0 Å². The van der Waals surface area contributed by atoms with E-state index in [9.17, 15) is 4.79 Å². The van der Waals surface area contributed by atoms with Crippen LogP contribution in [0.2, 0.25) is 0 Å². The highest BCUT2D eigenvalue weighted by Crippen LogP contribution is 2.14. The molecule has 2 rings (SSSR count). The molecule has 0 aliphatic carbocycles. The van der Waals surface area contributed by atoms with Crippen LogP contribution in [0.3, 0.4) is 0 Å². The van der Waals surface area contributed by atoms with E-state index >= 15 is 0 Å². The van der Waals surface area contributed by atoms with Crippen molar-refractivity contribution in [2.24, 2.45) is 5.92 Å². The summed E-state index contributed by atoms with van der Waals surface area (Å²) < 4.78 is 2.33. The molecule has 1 N–H and O–H groups in total. The highest BCUT2D eigenvalue weighted by atomic mass is 79.9. The van der Waals surface area contributed by atoms with Crippen molar-refractivity contribution in [3.8, 4) is 0 Å². The Labute approximate surface area is 103 Å². The van der Waals surface area contributed by atoms with Crippen molar-refractivity contribution in [2.45, 2.75) is 26.3 Å². The maximum Gasteiger partial charge on any atom is 0.267 e. The molecular formula is C11H16BrN3O. The molecule has 88 valence electrons. The van der Waals surface area contributed by atoms with Crippen LogP contribution in [0.1, 0.15) is 18.7 Å². The summed E-state index contributed by atoms with van der Waals surface area (Å²) in [6, 6.07) is 0. The van der Waals surface area contributed by atoms with Crippen molar-refractivity contribution in [1.82, 2.24) is 14.9 Å². The molecule has 0 saturated carbocycles. The fourth-order valence-corrected chi connectivity index (χ4v) is 2.40. The Bertz CT molecular complexity index is 424. The number of aryl methyl sites for hydroxylation is 1. The monoisotopic (exact) mass is 285 g/mol. The lowest BCUT2D eigenvalue weighted by molar-refractivity contribution is 0.325. The zero-order valence-electron chi connectivity index (χ0n) is 9.37. The van der Waals surface area contributed by atoms with Crippen LogP contribution in [0.15, 0.2) is 15.5 Å². The number of halogens is 1. The fraction of sp³-hybridized carbons (Fsp3) is 0.636. The normalized spacial score (nSPS) is 17.6. The van der Waals surface area contributed by atoms with E-state index in [1.807, 2.05) is 6.92 Å². The van der Waals surface area contributed by atoms with Gasteiger partial charge in [-0.05, 0) is 54.7 Å². The third kappa shape index (κ3) is 2.52. The second-order valence-electron chi connectivity index (χ2n) is 4.26. The first kappa shape index (κ1) is 11.8. The molecule has 1 fully saturated rings. The van der Waals surface area contributed by atoms with Crippen LogP contribution in [0.25, 0.3) is 0 Å². The van der Waals surface area contributed by atoms with E-state index in [0.717, 1.165) is 38.3 Å². The van der Waals surface area contributed by atoms with Crippen molar-refractivity contribution in [2.75, 3.05) is 13.1 Å². The predicted octanol–water partition coefficient (Wildman–Crippen LogP) is 1.31. The Hall–Kier alpha value is -0.680. The fourth-order valence-electron chi connectivity index (χ4n) is 2.09. The third-order valence-corrected chi connectivity index (χ3v) is 3.65. The van der Waals surface area contributed by atoms with Gasteiger partial charge in [0.25, 0.3) is 5.56 Å². The van der Waals surface area contributed by atoms with Gasteiger partial charge in [0.1, 0.15) is 10.3 Å². The molecule has 0 unspecified atom stereocenters. The molecule has 0 amide bonds. The lowest BCUT2D eigenvalue weighted by Crippen LogP contribution is -2.33. The summed E-state index contributed by atoms with van der Waals surface area (Å²) in [7, 11) is 0. The summed E-state index contributed by atoms with van der Waals surface area (Å²) in [5.41, 5.74) is 0.0334. The minimum atomic E-state index is 0.0334. The van der Waals surface area contributed by atoms with Crippen LogP contribution < -0.4 is 10.9 Å². The number of nitrogens with zero attached hydrogens (tertiary/aromatic N) is 2. The summed E-state index contributed by atoms with van der Waals surface area (Å²) in [6.45, 7) is 4.79. The van der Waals surface area contributed by atoms with Crippen LogP contribution in [0.4, 0.5) is 0 Å². The van der Waals surface area contributed by atoms with Crippen molar-refractivity contribution in [3.63, 3.8) is 0 Å². The first-order chi connectivity index (χ1) is 7.68. The molecule has 0 aromatic carbocycles. The smallest absolute Gasteiger partial charge is 0.267 e. The standard InChI is InChI=1S/C11H16BrN3O/c1-8-14-6-10(12)11(16)15(8)7-9-2-4-13-5-3-9/h6,9,13H,2-5,7H2,1H3. The molecular weight excluding hydrogens is 270 g/mol. The van der Waals surface area contributed by atoms with E-state index in [4.69, 9.17) is 0 Å². The van der Waals surface area contributed by atoms with Crippen molar-refractivity contribution in [3.05, 3.63) is 26.8 Å². The third-order valence-electron chi connectivity index (χ3n) is 3.10. The van der Waals surface area contributed by atoms with Gasteiger partial charge in [-0.3, -0.25) is 9.36 Å². The summed E-state index contributed by atoms with van der Waals surface area (Å²) in [5, 5.41) is 3.33. The SMILES string of the molecule is Cc1ncc(Br)c(=O)n1CC1CCNCC1. The van der Waals surface area contributed by atoms with Crippen LogP contribution in [0.5, 0.6) is 0 Å². The average Bonchev–Trinajstić information content (AvgIpc) is 2.31. The molecule has 2 heterocycles. The molecule has 0 radical (unpaired) electrons. The highest BCUT2D eigenvalue weighted by Gasteiger charge is 2.15. The zero-order chi connectivity index (χ0) is 11.5. The van der Waals surface area contributed by atoms with Crippen LogP contribution in [-0.2, 0) is 6.54 Å². The maximum atomic E-state index is 11.9. The largest absolute Gasteiger partial charge is 0.317 e. The van der Waals surface area contributed by atoms with E-state index in [1.165, 1.54) is 0 Å². The second kappa shape index (κ2) is 5.10. The summed E-state index contributed by atoms with van der Waals surface area (Å²) in [4.78, 5) is 16.1. The van der Waals surface area contributed by atoms with Gasteiger partial charge in [0.05, 0.1) is 0 Å². The first-order valence-corrected chi connectivity index (χ1v) is 6.40. The Balaban J connectivity index is 2.20. The zero-order valence-corrected chi connectivity index (χ0v) is 11.0. The van der Waals surface area contributed by atoms with Gasteiger partial charge in [-0.25, -0.2) is 4.98 Å². The number of nitrogens with one attached hydrogen (secondary N) is 1. The molecule has 5 heteroatoms. The Morgan fingerprint density at radius 3 is 2.94 bits per heavy atom. The Kier molecular flexibility index (Phi) is 3.76. The van der Waals surface area contributed by atoms with Gasteiger partial charge in [0, 0.05) is 12.7 Å². The van der Waals surface area contributed by atoms with Gasteiger partial charge in [-0.2, -0.15) is 0 Å². The van der Waals surface area contributed by atoms with Gasteiger partial charge in [0.2, 0.25) is 0 Å². The number of rotatable bonds is 2. The van der Waals surface area contributed by atoms with Gasteiger partial charge < -0.3 is 5.32 Å². The minimum absolute atomic E-state index is 0.0334. The van der Waals surface area contributed by atoms with Crippen molar-refractivity contribution < 1.29 is 0 Å². The topological polar surface area (TPSA) is 46.9 Å². The van der Waals surface area contributed by atoms with E-state index < -0.39 is 0 Å². The van der Waals surface area contributed by atoms with Gasteiger partial charge >= 0.3 is 0 Å². The quantitative estimate of drug-likeness (QED) is 0.892. The Morgan fingerprint density at radius 1 is 1.56 bits per heavy atom. The molecule has 1 aliphatic rings. The molecule has 16 heavy (non-hydrogen) atoms. The minimum Gasteiger partial charge on any atom is -0.317 e. The number of piperidine rings is 1. The lowest BCUT2D eigenvalue weighted by Gasteiger charge is -2.23. The molecule has 0 bridgehead atoms. The molecule has 4 nitrogen and oxygen atoms in total. The molecule has 1 aliphatic heterocycles. The molecule has 1 aromatic heterocycles. The van der Waals surface area contributed by atoms with E-state index in [0.29, 0.717) is 10.4 Å². The number of hydrogen-bond donors (Lipinski definition) is 1. The van der Waals surface area contributed by atoms with Gasteiger partial charge in [-0.1, -0.05) is 0 Å². The van der Waals surface area contributed by atoms with Crippen LogP contribution in [-0.4, -0.2) is 22.6 Å². The van der Waals surface area contributed by atoms with E-state index in [1.54, 1.807) is 10.8 Å². The molecule has 0 spiro atoms. The summed E-state index contributed by atoms with van der Waals surface area (Å²) in [5.74, 6) is 1.39. The molecule has 0 atom stereocenters. The molecule has 1 saturated heterocycles. The maximum absolute atomic E-state index is 11.9. The summed E-state index contributed by atoms with van der Waals surface area (Å²) in [6.07, 6.45) is 3.85. The number of hydrogen-bond acceptors (Lipinski definition) is 3. The van der Waals surface area contributed by atoms with Gasteiger partial charge in [0.15, 0.2) is 0 Å². The highest BCUT2D eigenvalue weighted by molar-refractivity contribution is 9.10. The van der Waals surface area contributed by atoms with Crippen LogP contribution in [0, 0.1) is 12.8 Å². The predicted molar refractivity (Wildman–Crippen MR) is 66.5 cm³/mol. The second-order valence-corrected chi connectivity index (χ2v) is 5.12. The van der Waals surface area contributed by atoms with E-state index in [2.05, 4.69) is 26.2 Å². The average molecular weight is 286 g/mol. The summed E-state index contributed by atoms with van der Waals surface area (Å²) >= 11 is 3.24. The molecule has 1 aromatic rings. The van der Waals surface area contributed by atoms with E-state index in [-0.39, 0.29) is 5.56 Å². The van der Waals surface area contributed by atoms with Crippen LogP contribution >= 0.6 is 15.9 Å². The lowest BCUT2D eigenvalue weighted by atomic mass is 9.98. The Morgan fingerprint density at radius 2 is 2.25 bits per heavy atom. The first-order valence-electron chi connectivity index (χ1n) is 5.61. The van der Waals surface area contributed by atoms with Crippen molar-refractivity contribution >= 4 is 15.9 Å². The van der Waals surface area contributed by atoms with Gasteiger partial charge in [-0.15, -0.1) is 0 Å². The number of aromatic nitrogens is 2.